The Hall–Kier alpha value is -2.61. The zero-order valence-electron chi connectivity index (χ0n) is 15.2. The number of carbonyl (C=O) groups excluding carboxylic acids is 1. The molecule has 3 aromatic rings. The molecule has 4 rings (SSSR count). The van der Waals surface area contributed by atoms with E-state index in [4.69, 9.17) is 0 Å². The molecule has 0 spiro atoms. The van der Waals surface area contributed by atoms with Gasteiger partial charge < -0.3 is 0 Å². The van der Waals surface area contributed by atoms with E-state index >= 15 is 0 Å². The number of hydrazine groups is 1. The van der Waals surface area contributed by atoms with Crippen molar-refractivity contribution >= 4 is 33.4 Å². The maximum Gasteiger partial charge on any atom is 0.280 e. The van der Waals surface area contributed by atoms with Gasteiger partial charge in [0, 0.05) is 22.7 Å². The second-order valence-corrected chi connectivity index (χ2v) is 7.73. The van der Waals surface area contributed by atoms with Crippen LogP contribution in [0.3, 0.4) is 0 Å². The molecule has 0 bridgehead atoms. The summed E-state index contributed by atoms with van der Waals surface area (Å²) in [6.07, 6.45) is 2.31. The van der Waals surface area contributed by atoms with Gasteiger partial charge in [-0.15, -0.1) is 11.3 Å². The van der Waals surface area contributed by atoms with Gasteiger partial charge >= 0.3 is 0 Å². The van der Waals surface area contributed by atoms with E-state index in [1.54, 1.807) is 0 Å². The number of thiophene rings is 1. The third-order valence-corrected chi connectivity index (χ3v) is 5.59. The van der Waals surface area contributed by atoms with E-state index in [1.807, 2.05) is 33.8 Å². The normalized spacial score (nSPS) is 13.8. The van der Waals surface area contributed by atoms with Gasteiger partial charge in [0.05, 0.1) is 10.6 Å². The van der Waals surface area contributed by atoms with Gasteiger partial charge in [0.25, 0.3) is 5.91 Å². The quantitative estimate of drug-likeness (QED) is 0.686. The fourth-order valence-electron chi connectivity index (χ4n) is 3.05. The van der Waals surface area contributed by atoms with Crippen molar-refractivity contribution in [2.45, 2.75) is 46.5 Å². The van der Waals surface area contributed by atoms with E-state index in [-0.39, 0.29) is 5.91 Å². The van der Waals surface area contributed by atoms with Crippen molar-refractivity contribution in [2.24, 2.45) is 0 Å². The van der Waals surface area contributed by atoms with Crippen LogP contribution in [-0.4, -0.2) is 25.8 Å². The van der Waals surface area contributed by atoms with E-state index in [9.17, 15) is 4.79 Å². The molecule has 1 aliphatic rings. The van der Waals surface area contributed by atoms with Crippen LogP contribution >= 0.6 is 11.3 Å². The fourth-order valence-corrected chi connectivity index (χ4v) is 4.19. The van der Waals surface area contributed by atoms with Crippen LogP contribution in [-0.2, 0) is 0 Å². The van der Waals surface area contributed by atoms with Crippen molar-refractivity contribution in [3.05, 3.63) is 39.4 Å². The molecule has 1 fully saturated rings. The summed E-state index contributed by atoms with van der Waals surface area (Å²) in [5, 5.41) is 0.979. The summed E-state index contributed by atoms with van der Waals surface area (Å²) in [5.41, 5.74) is 9.01. The smallest absolute Gasteiger partial charge is 0.266 e. The molecule has 0 saturated heterocycles. The van der Waals surface area contributed by atoms with Crippen LogP contribution in [0.15, 0.2) is 6.07 Å². The number of anilines is 1. The summed E-state index contributed by atoms with van der Waals surface area (Å²) in [5.74, 6) is 1.55. The summed E-state index contributed by atoms with van der Waals surface area (Å²) in [7, 11) is 0. The number of rotatable bonds is 4. The molecule has 0 aromatic carbocycles. The maximum atomic E-state index is 12.7. The summed E-state index contributed by atoms with van der Waals surface area (Å²) in [4.78, 5) is 32.0. The monoisotopic (exact) mass is 368 g/mol. The average Bonchev–Trinajstić information content (AvgIpc) is 3.36. The van der Waals surface area contributed by atoms with E-state index in [0.29, 0.717) is 16.7 Å². The van der Waals surface area contributed by atoms with Gasteiger partial charge in [-0.05, 0) is 52.2 Å². The third-order valence-electron chi connectivity index (χ3n) is 4.41. The Morgan fingerprint density at radius 1 is 1.08 bits per heavy atom. The van der Waals surface area contributed by atoms with Crippen LogP contribution in [0.5, 0.6) is 0 Å². The highest BCUT2D eigenvalue weighted by Gasteiger charge is 2.28. The minimum absolute atomic E-state index is 0.222. The molecule has 26 heavy (non-hydrogen) atoms. The Balaban J connectivity index is 1.60. The number of nitrogens with zero attached hydrogens (tertiary/aromatic N) is 4. The maximum absolute atomic E-state index is 12.7. The van der Waals surface area contributed by atoms with E-state index < -0.39 is 0 Å². The molecule has 0 unspecified atom stereocenters. The zero-order valence-corrected chi connectivity index (χ0v) is 16.0. The molecule has 0 atom stereocenters. The minimum atomic E-state index is -0.222. The lowest BCUT2D eigenvalue weighted by molar-refractivity contribution is 0.0966. The van der Waals surface area contributed by atoms with Crippen LogP contribution in [0.2, 0.25) is 0 Å². The molecule has 2 N–H and O–H groups in total. The number of nitrogens with one attached hydrogen (secondary N) is 2. The highest BCUT2D eigenvalue weighted by Crippen LogP contribution is 2.40. The first-order chi connectivity index (χ1) is 12.4. The third kappa shape index (κ3) is 3.12. The molecule has 134 valence electrons. The molecule has 3 aromatic heterocycles. The second kappa shape index (κ2) is 6.28. The summed E-state index contributed by atoms with van der Waals surface area (Å²) in [6, 6.07) is 1.88. The molecule has 1 saturated carbocycles. The first kappa shape index (κ1) is 16.8. The Labute approximate surface area is 155 Å². The van der Waals surface area contributed by atoms with Crippen LogP contribution in [0.4, 0.5) is 5.95 Å². The van der Waals surface area contributed by atoms with Crippen molar-refractivity contribution in [2.75, 3.05) is 5.43 Å². The van der Waals surface area contributed by atoms with Gasteiger partial charge in [-0.25, -0.2) is 19.9 Å². The predicted molar refractivity (Wildman–Crippen MR) is 101 cm³/mol. The number of aromatic nitrogens is 4. The van der Waals surface area contributed by atoms with Crippen LogP contribution in [0.1, 0.15) is 56.9 Å². The standard InChI is InChI=1S/C18H20N6OS/c1-8-7-9(2)20-18(19-8)24-23-16(25)14-10(3)13-11(4)21-15(12-5-6-12)22-17(13)26-14/h7,12H,5-6H2,1-4H3,(H,23,25)(H,19,20,24). The Kier molecular flexibility index (Phi) is 4.07. The molecular weight excluding hydrogens is 348 g/mol. The molecule has 3 heterocycles. The van der Waals surface area contributed by atoms with E-state index in [2.05, 4.69) is 30.8 Å². The Morgan fingerprint density at radius 2 is 1.77 bits per heavy atom. The minimum Gasteiger partial charge on any atom is -0.266 e. The van der Waals surface area contributed by atoms with Gasteiger partial charge in [0.15, 0.2) is 0 Å². The SMILES string of the molecule is Cc1cc(C)nc(NNC(=O)c2sc3nc(C4CC4)nc(C)c3c2C)n1. The largest absolute Gasteiger partial charge is 0.280 e. The van der Waals surface area contributed by atoms with Crippen molar-refractivity contribution in [3.63, 3.8) is 0 Å². The molecule has 0 radical (unpaired) electrons. The first-order valence-corrected chi connectivity index (χ1v) is 9.40. The lowest BCUT2D eigenvalue weighted by Crippen LogP contribution is -2.30. The predicted octanol–water partition coefficient (Wildman–Crippen LogP) is 3.35. The van der Waals surface area contributed by atoms with Crippen molar-refractivity contribution in [1.82, 2.24) is 25.4 Å². The summed E-state index contributed by atoms with van der Waals surface area (Å²) < 4.78 is 0. The molecule has 7 nitrogen and oxygen atoms in total. The lowest BCUT2D eigenvalue weighted by Gasteiger charge is -2.08. The number of carbonyl (C=O) groups is 1. The van der Waals surface area contributed by atoms with Gasteiger partial charge in [0.1, 0.15) is 10.7 Å². The van der Waals surface area contributed by atoms with Gasteiger partial charge in [-0.2, -0.15) is 0 Å². The molecule has 0 aliphatic heterocycles. The number of amides is 1. The van der Waals surface area contributed by atoms with Crippen molar-refractivity contribution in [3.8, 4) is 0 Å². The van der Waals surface area contributed by atoms with Crippen LogP contribution in [0.25, 0.3) is 10.2 Å². The second-order valence-electron chi connectivity index (χ2n) is 6.73. The van der Waals surface area contributed by atoms with Gasteiger partial charge in [-0.1, -0.05) is 0 Å². The first-order valence-electron chi connectivity index (χ1n) is 8.58. The number of aryl methyl sites for hydroxylation is 4. The average molecular weight is 368 g/mol. The highest BCUT2D eigenvalue weighted by atomic mass is 32.1. The molecular formula is C18H20N6OS. The number of fused-ring (bicyclic) bond motifs is 1. The Morgan fingerprint density at radius 3 is 2.42 bits per heavy atom. The molecule has 1 amide bonds. The molecule has 8 heteroatoms. The summed E-state index contributed by atoms with van der Waals surface area (Å²) in [6.45, 7) is 7.70. The zero-order chi connectivity index (χ0) is 18.4. The number of hydrogen-bond donors (Lipinski definition) is 2. The van der Waals surface area contributed by atoms with Crippen LogP contribution < -0.4 is 10.9 Å². The van der Waals surface area contributed by atoms with Gasteiger partial charge in [-0.3, -0.25) is 15.6 Å². The van der Waals surface area contributed by atoms with Crippen LogP contribution in [0, 0.1) is 27.7 Å². The van der Waals surface area contributed by atoms with E-state index in [1.165, 1.54) is 11.3 Å². The Bertz CT molecular complexity index is 1000. The topological polar surface area (TPSA) is 92.7 Å². The van der Waals surface area contributed by atoms with Gasteiger partial charge in [0.2, 0.25) is 5.95 Å². The molecule has 1 aliphatic carbocycles. The van der Waals surface area contributed by atoms with E-state index in [0.717, 1.165) is 51.5 Å². The van der Waals surface area contributed by atoms with Crippen molar-refractivity contribution in [1.29, 1.82) is 0 Å². The fraction of sp³-hybridized carbons (Fsp3) is 0.389. The number of hydrogen-bond acceptors (Lipinski definition) is 7. The lowest BCUT2D eigenvalue weighted by atomic mass is 10.1. The summed E-state index contributed by atoms with van der Waals surface area (Å²) >= 11 is 1.40. The van der Waals surface area contributed by atoms with Crippen molar-refractivity contribution < 1.29 is 4.79 Å². The highest BCUT2D eigenvalue weighted by molar-refractivity contribution is 7.20.